The summed E-state index contributed by atoms with van der Waals surface area (Å²) >= 11 is 0. The van der Waals surface area contributed by atoms with E-state index in [0.717, 1.165) is 17.1 Å². The van der Waals surface area contributed by atoms with E-state index in [4.69, 9.17) is 23.7 Å². The zero-order valence-electron chi connectivity index (χ0n) is 28.1. The summed E-state index contributed by atoms with van der Waals surface area (Å²) < 4.78 is 56.9. The molecule has 2 amide bonds. The number of sulfonamides is 1. The minimum Gasteiger partial charge on any atom is -0.497 e. The van der Waals surface area contributed by atoms with E-state index in [2.05, 4.69) is 5.32 Å². The van der Waals surface area contributed by atoms with Crippen LogP contribution in [0, 0.1) is 0 Å². The van der Waals surface area contributed by atoms with Crippen molar-refractivity contribution < 1.29 is 41.7 Å². The Balaban J connectivity index is 2.18. The Kier molecular flexibility index (Phi) is 13.6. The van der Waals surface area contributed by atoms with Crippen molar-refractivity contribution in [1.82, 2.24) is 10.2 Å². The second-order valence-corrected chi connectivity index (χ2v) is 12.4. The average Bonchev–Trinajstić information content (AvgIpc) is 3.09. The molecule has 1 N–H and O–H groups in total. The summed E-state index contributed by atoms with van der Waals surface area (Å²) in [5, 5.41) is 2.92. The fraction of sp³-hybridized carbons (Fsp3) is 0.412. The third-order valence-corrected chi connectivity index (χ3v) is 9.33. The normalized spacial score (nSPS) is 11.6. The Hall–Kier alpha value is -4.65. The van der Waals surface area contributed by atoms with Crippen molar-refractivity contribution in [2.24, 2.45) is 0 Å². The average molecular weight is 672 g/mol. The molecule has 0 bridgehead atoms. The van der Waals surface area contributed by atoms with Crippen molar-refractivity contribution in [2.45, 2.75) is 50.6 Å². The predicted molar refractivity (Wildman–Crippen MR) is 179 cm³/mol. The Labute approximate surface area is 277 Å². The number of rotatable bonds is 18. The summed E-state index contributed by atoms with van der Waals surface area (Å²) in [6, 6.07) is 15.1. The van der Waals surface area contributed by atoms with Crippen LogP contribution in [0.15, 0.2) is 65.6 Å². The lowest BCUT2D eigenvalue weighted by Gasteiger charge is -2.33. The number of carbonyl (C=O) groups excluding carboxylic acids is 2. The van der Waals surface area contributed by atoms with Crippen molar-refractivity contribution in [3.05, 3.63) is 66.2 Å². The highest BCUT2D eigenvalue weighted by molar-refractivity contribution is 7.92. The highest BCUT2D eigenvalue weighted by Crippen LogP contribution is 2.38. The topological polar surface area (TPSA) is 133 Å². The number of nitrogens with zero attached hydrogens (tertiary/aromatic N) is 2. The van der Waals surface area contributed by atoms with Gasteiger partial charge in [-0.3, -0.25) is 13.9 Å². The molecule has 3 aromatic carbocycles. The van der Waals surface area contributed by atoms with Gasteiger partial charge in [-0.05, 0) is 54.8 Å². The number of carbonyl (C=O) groups is 2. The van der Waals surface area contributed by atoms with E-state index < -0.39 is 28.5 Å². The van der Waals surface area contributed by atoms with Gasteiger partial charge < -0.3 is 33.9 Å². The molecule has 0 saturated carbocycles. The SMILES string of the molecule is CCCCNC(=O)[C@H](CC)N(Cc1cccc(OC)c1)C(=O)CN(c1cc(OC)ccc1OC)S(=O)(=O)c1ccc(OC)c(OC)c1. The zero-order valence-corrected chi connectivity index (χ0v) is 28.9. The molecule has 12 nitrogen and oxygen atoms in total. The van der Waals surface area contributed by atoms with Crippen LogP contribution >= 0.6 is 0 Å². The number of hydrogen-bond donors (Lipinski definition) is 1. The molecule has 0 aliphatic carbocycles. The number of benzene rings is 3. The Morgan fingerprint density at radius 2 is 1.45 bits per heavy atom. The Morgan fingerprint density at radius 1 is 0.787 bits per heavy atom. The molecular formula is C34H45N3O9S. The monoisotopic (exact) mass is 671 g/mol. The number of ether oxygens (including phenoxy) is 5. The lowest BCUT2D eigenvalue weighted by Crippen LogP contribution is -2.52. The molecule has 0 unspecified atom stereocenters. The van der Waals surface area contributed by atoms with E-state index in [-0.39, 0.29) is 34.5 Å². The molecule has 13 heteroatoms. The molecule has 0 aliphatic heterocycles. The number of methoxy groups -OCH3 is 5. The summed E-state index contributed by atoms with van der Waals surface area (Å²) in [7, 11) is 2.77. The standard InChI is InChI=1S/C34H45N3O9S/c1-8-10-18-35-34(39)28(9-2)36(22-24-12-11-13-25(19-24)42-3)33(38)23-37(29-20-26(43-4)14-16-30(29)44-5)47(40,41)27-15-17-31(45-6)32(21-27)46-7/h11-17,19-21,28H,8-10,18,22-23H2,1-7H3,(H,35,39)/t28-/m0/s1. The maximum absolute atomic E-state index is 14.5. The van der Waals surface area contributed by atoms with E-state index in [1.807, 2.05) is 13.0 Å². The first-order valence-electron chi connectivity index (χ1n) is 15.2. The van der Waals surface area contributed by atoms with Crippen LogP contribution < -0.4 is 33.3 Å². The molecular weight excluding hydrogens is 626 g/mol. The molecule has 3 rings (SSSR count). The van der Waals surface area contributed by atoms with E-state index in [0.29, 0.717) is 35.8 Å². The van der Waals surface area contributed by atoms with Crippen molar-refractivity contribution in [2.75, 3.05) is 52.9 Å². The van der Waals surface area contributed by atoms with Crippen molar-refractivity contribution in [3.63, 3.8) is 0 Å². The number of unbranched alkanes of at least 4 members (excludes halogenated alkanes) is 1. The van der Waals surface area contributed by atoms with Gasteiger partial charge in [-0.25, -0.2) is 8.42 Å². The van der Waals surface area contributed by atoms with Gasteiger partial charge in [-0.15, -0.1) is 0 Å². The number of hydrogen-bond acceptors (Lipinski definition) is 9. The van der Waals surface area contributed by atoms with Gasteiger partial charge in [0.1, 0.15) is 29.8 Å². The summed E-state index contributed by atoms with van der Waals surface area (Å²) in [6.45, 7) is 3.63. The van der Waals surface area contributed by atoms with Crippen LogP contribution in [0.3, 0.4) is 0 Å². The maximum Gasteiger partial charge on any atom is 0.265 e. The van der Waals surface area contributed by atoms with Gasteiger partial charge in [-0.2, -0.15) is 0 Å². The van der Waals surface area contributed by atoms with Gasteiger partial charge in [0.05, 0.1) is 46.1 Å². The second-order valence-electron chi connectivity index (χ2n) is 10.5. The van der Waals surface area contributed by atoms with Crippen LogP contribution in [-0.4, -0.2) is 79.8 Å². The molecule has 0 saturated heterocycles. The minimum absolute atomic E-state index is 0.0230. The molecule has 47 heavy (non-hydrogen) atoms. The van der Waals surface area contributed by atoms with Crippen LogP contribution in [0.4, 0.5) is 5.69 Å². The van der Waals surface area contributed by atoms with Gasteiger partial charge in [0.2, 0.25) is 11.8 Å². The van der Waals surface area contributed by atoms with E-state index in [1.165, 1.54) is 64.7 Å². The maximum atomic E-state index is 14.5. The number of anilines is 1. The Bertz CT molecular complexity index is 1610. The predicted octanol–water partition coefficient (Wildman–Crippen LogP) is 4.65. The van der Waals surface area contributed by atoms with Gasteiger partial charge in [0, 0.05) is 25.2 Å². The lowest BCUT2D eigenvalue weighted by molar-refractivity contribution is -0.140. The molecule has 1 atom stereocenters. The first-order valence-corrected chi connectivity index (χ1v) is 16.7. The Morgan fingerprint density at radius 3 is 2.06 bits per heavy atom. The van der Waals surface area contributed by atoms with Crippen molar-refractivity contribution in [1.29, 1.82) is 0 Å². The number of amides is 2. The molecule has 0 heterocycles. The van der Waals surface area contributed by atoms with Crippen LogP contribution in [0.5, 0.6) is 28.7 Å². The first kappa shape index (κ1) is 36.8. The fourth-order valence-electron chi connectivity index (χ4n) is 5.00. The summed E-state index contributed by atoms with van der Waals surface area (Å²) in [5.41, 5.74) is 0.766. The highest BCUT2D eigenvalue weighted by atomic mass is 32.2. The lowest BCUT2D eigenvalue weighted by atomic mass is 10.1. The second kappa shape index (κ2) is 17.3. The van der Waals surface area contributed by atoms with Crippen LogP contribution in [0.2, 0.25) is 0 Å². The quantitative estimate of drug-likeness (QED) is 0.192. The molecule has 256 valence electrons. The fourth-order valence-corrected chi connectivity index (χ4v) is 6.43. The smallest absolute Gasteiger partial charge is 0.265 e. The number of nitrogens with one attached hydrogen (secondary N) is 1. The molecule has 0 radical (unpaired) electrons. The summed E-state index contributed by atoms with van der Waals surface area (Å²) in [4.78, 5) is 29.2. The molecule has 0 aliphatic rings. The minimum atomic E-state index is -4.46. The summed E-state index contributed by atoms with van der Waals surface area (Å²) in [5.74, 6) is 0.685. The molecule has 0 spiro atoms. The van der Waals surface area contributed by atoms with Crippen LogP contribution in [-0.2, 0) is 26.2 Å². The van der Waals surface area contributed by atoms with Gasteiger partial charge in [0.15, 0.2) is 11.5 Å². The van der Waals surface area contributed by atoms with E-state index >= 15 is 0 Å². The largest absolute Gasteiger partial charge is 0.497 e. The molecule has 0 fully saturated rings. The van der Waals surface area contributed by atoms with E-state index in [1.54, 1.807) is 37.3 Å². The van der Waals surface area contributed by atoms with Gasteiger partial charge in [0.25, 0.3) is 10.0 Å². The van der Waals surface area contributed by atoms with Crippen LogP contribution in [0.25, 0.3) is 0 Å². The third kappa shape index (κ3) is 9.00. The molecule has 0 aromatic heterocycles. The van der Waals surface area contributed by atoms with Crippen molar-refractivity contribution >= 4 is 27.5 Å². The van der Waals surface area contributed by atoms with Crippen molar-refractivity contribution in [3.8, 4) is 28.7 Å². The first-order chi connectivity index (χ1) is 22.6. The third-order valence-electron chi connectivity index (χ3n) is 7.58. The van der Waals surface area contributed by atoms with E-state index in [9.17, 15) is 18.0 Å². The summed E-state index contributed by atoms with van der Waals surface area (Å²) in [6.07, 6.45) is 1.95. The zero-order chi connectivity index (χ0) is 34.6. The molecule has 3 aromatic rings. The highest BCUT2D eigenvalue weighted by Gasteiger charge is 2.35. The van der Waals surface area contributed by atoms with Gasteiger partial charge >= 0.3 is 0 Å². The van der Waals surface area contributed by atoms with Gasteiger partial charge in [-0.1, -0.05) is 32.4 Å². The van der Waals surface area contributed by atoms with Crippen LogP contribution in [0.1, 0.15) is 38.7 Å².